The van der Waals surface area contributed by atoms with E-state index in [1.165, 1.54) is 6.92 Å². The van der Waals surface area contributed by atoms with Crippen LogP contribution in [0.1, 0.15) is 20.3 Å². The molecule has 1 aromatic carbocycles. The van der Waals surface area contributed by atoms with Crippen LogP contribution in [0.3, 0.4) is 0 Å². The van der Waals surface area contributed by atoms with Crippen molar-refractivity contribution in [1.29, 1.82) is 0 Å². The van der Waals surface area contributed by atoms with Gasteiger partial charge < -0.3 is 11.1 Å². The Hall–Kier alpha value is -1.40. The SMILES string of the molecule is CC(N)CCS(=O)(=O)C(C)C(=O)Nc1ccccc1. The van der Waals surface area contributed by atoms with E-state index >= 15 is 0 Å². The molecule has 1 amide bonds. The number of amides is 1. The minimum Gasteiger partial charge on any atom is -0.328 e. The van der Waals surface area contributed by atoms with Gasteiger partial charge in [-0.1, -0.05) is 18.2 Å². The maximum atomic E-state index is 12.0. The lowest BCUT2D eigenvalue weighted by Crippen LogP contribution is -2.35. The van der Waals surface area contributed by atoms with Crippen LogP contribution in [0.25, 0.3) is 0 Å². The van der Waals surface area contributed by atoms with Crippen LogP contribution in [0.2, 0.25) is 0 Å². The van der Waals surface area contributed by atoms with E-state index in [1.54, 1.807) is 31.2 Å². The van der Waals surface area contributed by atoms with Crippen LogP contribution in [-0.2, 0) is 14.6 Å². The topological polar surface area (TPSA) is 89.3 Å². The second-order valence-corrected chi connectivity index (χ2v) is 7.07. The third kappa shape index (κ3) is 5.00. The molecule has 106 valence electrons. The number of hydrogen-bond acceptors (Lipinski definition) is 4. The van der Waals surface area contributed by atoms with Crippen molar-refractivity contribution in [1.82, 2.24) is 0 Å². The Morgan fingerprint density at radius 2 is 1.84 bits per heavy atom. The van der Waals surface area contributed by atoms with Gasteiger partial charge in [-0.05, 0) is 32.4 Å². The number of sulfone groups is 1. The highest BCUT2D eigenvalue weighted by atomic mass is 32.2. The molecule has 0 aliphatic rings. The number of anilines is 1. The fourth-order valence-corrected chi connectivity index (χ4v) is 2.89. The Balaban J connectivity index is 2.66. The summed E-state index contributed by atoms with van der Waals surface area (Å²) in [4.78, 5) is 11.9. The van der Waals surface area contributed by atoms with Crippen molar-refractivity contribution in [3.8, 4) is 0 Å². The predicted molar refractivity (Wildman–Crippen MR) is 76.6 cm³/mol. The fourth-order valence-electron chi connectivity index (χ4n) is 1.46. The Kier molecular flexibility index (Phi) is 5.50. The molecule has 0 bridgehead atoms. The summed E-state index contributed by atoms with van der Waals surface area (Å²) in [5, 5.41) is 1.51. The third-order valence-corrected chi connectivity index (χ3v) is 4.90. The molecule has 0 aromatic heterocycles. The van der Waals surface area contributed by atoms with E-state index in [9.17, 15) is 13.2 Å². The first-order valence-corrected chi connectivity index (χ1v) is 7.87. The largest absolute Gasteiger partial charge is 0.328 e. The molecule has 0 heterocycles. The molecule has 1 rings (SSSR count). The first-order valence-electron chi connectivity index (χ1n) is 6.16. The zero-order chi connectivity index (χ0) is 14.5. The third-order valence-electron chi connectivity index (χ3n) is 2.81. The second-order valence-electron chi connectivity index (χ2n) is 4.63. The van der Waals surface area contributed by atoms with Crippen LogP contribution in [-0.4, -0.2) is 31.4 Å². The summed E-state index contributed by atoms with van der Waals surface area (Å²) < 4.78 is 23.9. The highest BCUT2D eigenvalue weighted by molar-refractivity contribution is 7.92. The van der Waals surface area contributed by atoms with Crippen molar-refractivity contribution >= 4 is 21.4 Å². The predicted octanol–water partition coefficient (Wildman–Crippen LogP) is 1.17. The molecule has 5 nitrogen and oxygen atoms in total. The normalized spacial score (nSPS) is 14.7. The molecule has 0 radical (unpaired) electrons. The van der Waals surface area contributed by atoms with Gasteiger partial charge in [0.25, 0.3) is 0 Å². The van der Waals surface area contributed by atoms with E-state index in [1.807, 2.05) is 6.07 Å². The van der Waals surface area contributed by atoms with Crippen molar-refractivity contribution in [2.75, 3.05) is 11.1 Å². The number of nitrogens with one attached hydrogen (secondary N) is 1. The van der Waals surface area contributed by atoms with E-state index in [4.69, 9.17) is 5.73 Å². The van der Waals surface area contributed by atoms with Gasteiger partial charge in [0.05, 0.1) is 5.75 Å². The van der Waals surface area contributed by atoms with Gasteiger partial charge in [-0.15, -0.1) is 0 Å². The summed E-state index contributed by atoms with van der Waals surface area (Å²) >= 11 is 0. The summed E-state index contributed by atoms with van der Waals surface area (Å²) in [5.74, 6) is -0.593. The molecular weight excluding hydrogens is 264 g/mol. The Labute approximate surface area is 114 Å². The Morgan fingerprint density at radius 3 is 2.37 bits per heavy atom. The molecule has 0 aliphatic heterocycles. The van der Waals surface area contributed by atoms with Crippen LogP contribution in [0.5, 0.6) is 0 Å². The number of carbonyl (C=O) groups excluding carboxylic acids is 1. The van der Waals surface area contributed by atoms with Gasteiger partial charge in [0.15, 0.2) is 9.84 Å². The van der Waals surface area contributed by atoms with Gasteiger partial charge >= 0.3 is 0 Å². The molecular formula is C13H20N2O3S. The minimum atomic E-state index is -3.47. The number of rotatable bonds is 6. The van der Waals surface area contributed by atoms with Gasteiger partial charge in [-0.3, -0.25) is 4.79 Å². The Bertz CT molecular complexity index is 512. The standard InChI is InChI=1S/C13H20N2O3S/c1-10(14)8-9-19(17,18)11(2)13(16)15-12-6-4-3-5-7-12/h3-7,10-11H,8-9,14H2,1-2H3,(H,15,16). The number of nitrogens with two attached hydrogens (primary N) is 1. The molecule has 1 aromatic rings. The molecule has 0 spiro atoms. The summed E-state index contributed by atoms with van der Waals surface area (Å²) in [6.07, 6.45) is 0.352. The first-order chi connectivity index (χ1) is 8.83. The molecule has 0 saturated heterocycles. The molecule has 6 heteroatoms. The molecule has 2 atom stereocenters. The van der Waals surface area contributed by atoms with Gasteiger partial charge in [0.1, 0.15) is 5.25 Å². The van der Waals surface area contributed by atoms with Crippen molar-refractivity contribution in [2.24, 2.45) is 5.73 Å². The smallest absolute Gasteiger partial charge is 0.242 e. The van der Waals surface area contributed by atoms with Crippen LogP contribution >= 0.6 is 0 Å². The maximum Gasteiger partial charge on any atom is 0.242 e. The van der Waals surface area contributed by atoms with Gasteiger partial charge in [0, 0.05) is 11.7 Å². The molecule has 3 N–H and O–H groups in total. The lowest BCUT2D eigenvalue weighted by molar-refractivity contribution is -0.115. The van der Waals surface area contributed by atoms with E-state index < -0.39 is 21.0 Å². The van der Waals surface area contributed by atoms with Crippen molar-refractivity contribution in [3.05, 3.63) is 30.3 Å². The molecule has 19 heavy (non-hydrogen) atoms. The van der Waals surface area contributed by atoms with Gasteiger partial charge in [-0.25, -0.2) is 8.42 Å². The van der Waals surface area contributed by atoms with Gasteiger partial charge in [-0.2, -0.15) is 0 Å². The number of para-hydroxylation sites is 1. The quantitative estimate of drug-likeness (QED) is 0.820. The average Bonchev–Trinajstić information content (AvgIpc) is 2.36. The Morgan fingerprint density at radius 1 is 1.26 bits per heavy atom. The van der Waals surface area contributed by atoms with Crippen LogP contribution in [0, 0.1) is 0 Å². The highest BCUT2D eigenvalue weighted by Gasteiger charge is 2.27. The van der Waals surface area contributed by atoms with E-state index in [-0.39, 0.29) is 11.8 Å². The highest BCUT2D eigenvalue weighted by Crippen LogP contribution is 2.10. The summed E-state index contributed by atoms with van der Waals surface area (Å²) in [5.41, 5.74) is 6.12. The number of carbonyl (C=O) groups is 1. The summed E-state index contributed by atoms with van der Waals surface area (Å²) in [6.45, 7) is 3.14. The van der Waals surface area contributed by atoms with Crippen molar-refractivity contribution in [3.63, 3.8) is 0 Å². The second kappa shape index (κ2) is 6.68. The van der Waals surface area contributed by atoms with Crippen molar-refractivity contribution < 1.29 is 13.2 Å². The van der Waals surface area contributed by atoms with Crippen LogP contribution < -0.4 is 11.1 Å². The minimum absolute atomic E-state index is 0.0754. The zero-order valence-corrected chi connectivity index (χ0v) is 12.0. The molecule has 2 unspecified atom stereocenters. The van der Waals surface area contributed by atoms with E-state index in [0.29, 0.717) is 12.1 Å². The fraction of sp³-hybridized carbons (Fsp3) is 0.462. The molecule has 0 saturated carbocycles. The van der Waals surface area contributed by atoms with Crippen LogP contribution in [0.15, 0.2) is 30.3 Å². The summed E-state index contributed by atoms with van der Waals surface area (Å²) in [6, 6.07) is 8.58. The molecule has 0 fully saturated rings. The first kappa shape index (κ1) is 15.7. The average molecular weight is 284 g/mol. The number of benzene rings is 1. The van der Waals surface area contributed by atoms with Crippen LogP contribution in [0.4, 0.5) is 5.69 Å². The maximum absolute atomic E-state index is 12.0. The van der Waals surface area contributed by atoms with Crippen molar-refractivity contribution in [2.45, 2.75) is 31.6 Å². The van der Waals surface area contributed by atoms with E-state index in [2.05, 4.69) is 5.32 Å². The summed E-state index contributed by atoms with van der Waals surface area (Å²) in [7, 11) is -3.47. The monoisotopic (exact) mass is 284 g/mol. The number of hydrogen-bond donors (Lipinski definition) is 2. The zero-order valence-electron chi connectivity index (χ0n) is 11.2. The lowest BCUT2D eigenvalue weighted by Gasteiger charge is -2.14. The van der Waals surface area contributed by atoms with E-state index in [0.717, 1.165) is 0 Å². The van der Waals surface area contributed by atoms with Gasteiger partial charge in [0.2, 0.25) is 5.91 Å². The lowest BCUT2D eigenvalue weighted by atomic mass is 10.3. The molecule has 0 aliphatic carbocycles.